The van der Waals surface area contributed by atoms with Crippen molar-refractivity contribution in [3.8, 4) is 0 Å². The summed E-state index contributed by atoms with van der Waals surface area (Å²) in [5.41, 5.74) is 5.77. The molecule has 0 aliphatic heterocycles. The third-order valence-corrected chi connectivity index (χ3v) is 2.98. The fourth-order valence-corrected chi connectivity index (χ4v) is 1.95. The molecule has 0 fully saturated rings. The Morgan fingerprint density at radius 2 is 1.30 bits per heavy atom. The number of aliphatic carboxylic acids is 1. The molecule has 6 nitrogen and oxygen atoms in total. The molecule has 0 bridgehead atoms. The molecule has 0 aliphatic rings. The van der Waals surface area contributed by atoms with Crippen LogP contribution in [0.25, 0.3) is 0 Å². The van der Waals surface area contributed by atoms with E-state index in [1.165, 1.54) is 0 Å². The number of carbonyl (C=O) groups is 2. The highest BCUT2D eigenvalue weighted by molar-refractivity contribution is 6.01. The van der Waals surface area contributed by atoms with E-state index in [0.29, 0.717) is 19.3 Å². The standard InChI is InChI=1S/C14H27N3O3/c1-16(2)9-5-7-11(13(15)18)12(14(19)20)8-6-10-17(3)4/h5-10H2,1-4H3,(H2,15,18)(H,19,20)/b12-11+. The van der Waals surface area contributed by atoms with Gasteiger partial charge in [-0.1, -0.05) is 0 Å². The molecule has 0 aliphatic carbocycles. The van der Waals surface area contributed by atoms with Crippen molar-refractivity contribution in [3.63, 3.8) is 0 Å². The molecule has 0 rings (SSSR count). The van der Waals surface area contributed by atoms with Crippen LogP contribution in [0.15, 0.2) is 11.1 Å². The summed E-state index contributed by atoms with van der Waals surface area (Å²) in [6, 6.07) is 0. The van der Waals surface area contributed by atoms with Gasteiger partial charge in [0.15, 0.2) is 0 Å². The second-order valence-electron chi connectivity index (χ2n) is 5.44. The molecule has 0 aromatic rings. The van der Waals surface area contributed by atoms with Crippen molar-refractivity contribution in [2.75, 3.05) is 41.3 Å². The molecule has 3 N–H and O–H groups in total. The number of hydrogen-bond donors (Lipinski definition) is 2. The van der Waals surface area contributed by atoms with E-state index in [-0.39, 0.29) is 11.1 Å². The molecule has 0 aromatic carbocycles. The Hall–Kier alpha value is -1.40. The van der Waals surface area contributed by atoms with Crippen LogP contribution in [0.2, 0.25) is 0 Å². The number of carbonyl (C=O) groups excluding carboxylic acids is 1. The van der Waals surface area contributed by atoms with Gasteiger partial charge in [-0.2, -0.15) is 0 Å². The highest BCUT2D eigenvalue weighted by Crippen LogP contribution is 2.17. The minimum Gasteiger partial charge on any atom is -0.478 e. The molecule has 6 heteroatoms. The first-order valence-corrected chi connectivity index (χ1v) is 6.80. The Morgan fingerprint density at radius 1 is 0.900 bits per heavy atom. The molecule has 0 saturated heterocycles. The predicted molar refractivity (Wildman–Crippen MR) is 79.4 cm³/mol. The van der Waals surface area contributed by atoms with Crippen molar-refractivity contribution in [2.45, 2.75) is 25.7 Å². The zero-order valence-corrected chi connectivity index (χ0v) is 13.0. The van der Waals surface area contributed by atoms with Crippen molar-refractivity contribution < 1.29 is 14.7 Å². The summed E-state index contributed by atoms with van der Waals surface area (Å²) < 4.78 is 0. The Balaban J connectivity index is 4.85. The van der Waals surface area contributed by atoms with Gasteiger partial charge in [0.2, 0.25) is 5.91 Å². The van der Waals surface area contributed by atoms with Crippen LogP contribution in [0.1, 0.15) is 25.7 Å². The van der Waals surface area contributed by atoms with Gasteiger partial charge in [0.25, 0.3) is 0 Å². The zero-order chi connectivity index (χ0) is 15.7. The maximum Gasteiger partial charge on any atom is 0.332 e. The predicted octanol–water partition coefficient (Wildman–Crippen LogP) is 0.537. The first-order valence-electron chi connectivity index (χ1n) is 6.80. The molecule has 0 heterocycles. The monoisotopic (exact) mass is 285 g/mol. The molecule has 0 saturated carbocycles. The number of hydrogen-bond acceptors (Lipinski definition) is 4. The Labute approximate surface area is 121 Å². The van der Waals surface area contributed by atoms with Crippen molar-refractivity contribution in [2.24, 2.45) is 5.73 Å². The van der Waals surface area contributed by atoms with E-state index >= 15 is 0 Å². The molecule has 1 amide bonds. The SMILES string of the molecule is CN(C)CCC/C(C(N)=O)=C(/CCCN(C)C)C(=O)O. The summed E-state index contributed by atoms with van der Waals surface area (Å²) in [6.45, 7) is 1.57. The van der Waals surface area contributed by atoms with Crippen LogP contribution in [0.4, 0.5) is 0 Å². The molecule has 0 aromatic heterocycles. The molecule has 0 radical (unpaired) electrons. The third kappa shape index (κ3) is 7.91. The van der Waals surface area contributed by atoms with Gasteiger partial charge in [0.1, 0.15) is 0 Å². The average molecular weight is 285 g/mol. The van der Waals surface area contributed by atoms with E-state index in [2.05, 4.69) is 0 Å². The molecule has 0 spiro atoms. The number of primary amides is 1. The molecular weight excluding hydrogens is 258 g/mol. The van der Waals surface area contributed by atoms with Crippen LogP contribution < -0.4 is 5.73 Å². The number of carboxylic acids is 1. The van der Waals surface area contributed by atoms with E-state index in [9.17, 15) is 14.7 Å². The van der Waals surface area contributed by atoms with Crippen LogP contribution in [0.5, 0.6) is 0 Å². The molecule has 116 valence electrons. The first-order chi connectivity index (χ1) is 9.25. The summed E-state index contributed by atoms with van der Waals surface area (Å²) in [5, 5.41) is 9.28. The Morgan fingerprint density at radius 3 is 1.60 bits per heavy atom. The summed E-state index contributed by atoms with van der Waals surface area (Å²) in [7, 11) is 7.72. The van der Waals surface area contributed by atoms with E-state index in [1.807, 2.05) is 38.0 Å². The number of carboxylic acid groups (broad SMARTS) is 1. The van der Waals surface area contributed by atoms with Crippen molar-refractivity contribution in [3.05, 3.63) is 11.1 Å². The lowest BCUT2D eigenvalue weighted by atomic mass is 9.98. The lowest BCUT2D eigenvalue weighted by Crippen LogP contribution is -2.21. The van der Waals surface area contributed by atoms with Gasteiger partial charge in [0.05, 0.1) is 0 Å². The van der Waals surface area contributed by atoms with Crippen molar-refractivity contribution in [1.82, 2.24) is 9.80 Å². The normalized spacial score (nSPS) is 12.7. The molecule has 20 heavy (non-hydrogen) atoms. The molecule has 0 unspecified atom stereocenters. The minimum atomic E-state index is -1.04. The lowest BCUT2D eigenvalue weighted by Gasteiger charge is -2.13. The van der Waals surface area contributed by atoms with Gasteiger partial charge in [-0.15, -0.1) is 0 Å². The van der Waals surface area contributed by atoms with Crippen LogP contribution in [-0.4, -0.2) is 68.1 Å². The summed E-state index contributed by atoms with van der Waals surface area (Å²) in [5.74, 6) is -1.66. The largest absolute Gasteiger partial charge is 0.478 e. The van der Waals surface area contributed by atoms with E-state index in [0.717, 1.165) is 19.5 Å². The second-order valence-corrected chi connectivity index (χ2v) is 5.44. The Bertz CT molecular complexity index is 329. The smallest absolute Gasteiger partial charge is 0.332 e. The van der Waals surface area contributed by atoms with Crippen molar-refractivity contribution in [1.29, 1.82) is 0 Å². The highest BCUT2D eigenvalue weighted by Gasteiger charge is 2.18. The average Bonchev–Trinajstić information content (AvgIpc) is 2.29. The maximum atomic E-state index is 11.5. The van der Waals surface area contributed by atoms with E-state index < -0.39 is 11.9 Å². The van der Waals surface area contributed by atoms with Gasteiger partial charge in [0, 0.05) is 11.1 Å². The Kier molecular flexibility index (Phi) is 8.83. The summed E-state index contributed by atoms with van der Waals surface area (Å²) >= 11 is 0. The van der Waals surface area contributed by atoms with E-state index in [4.69, 9.17) is 5.73 Å². The van der Waals surface area contributed by atoms with Crippen LogP contribution in [0.3, 0.4) is 0 Å². The fraction of sp³-hybridized carbons (Fsp3) is 0.714. The number of rotatable bonds is 10. The topological polar surface area (TPSA) is 86.9 Å². The van der Waals surface area contributed by atoms with E-state index in [1.54, 1.807) is 0 Å². The number of nitrogens with zero attached hydrogens (tertiary/aromatic N) is 2. The van der Waals surface area contributed by atoms with Gasteiger partial charge in [-0.25, -0.2) is 4.79 Å². The van der Waals surface area contributed by atoms with Gasteiger partial charge < -0.3 is 20.6 Å². The number of nitrogens with two attached hydrogens (primary N) is 1. The summed E-state index contributed by atoms with van der Waals surface area (Å²) in [6.07, 6.45) is 2.19. The minimum absolute atomic E-state index is 0.165. The van der Waals surface area contributed by atoms with Gasteiger partial charge in [-0.3, -0.25) is 4.79 Å². The van der Waals surface area contributed by atoms with Crippen LogP contribution in [0, 0.1) is 0 Å². The number of amides is 1. The fourth-order valence-electron chi connectivity index (χ4n) is 1.95. The summed E-state index contributed by atoms with van der Waals surface area (Å²) in [4.78, 5) is 26.8. The second kappa shape index (κ2) is 9.50. The van der Waals surface area contributed by atoms with Gasteiger partial charge in [-0.05, 0) is 67.0 Å². The maximum absolute atomic E-state index is 11.5. The quantitative estimate of drug-likeness (QED) is 0.572. The highest BCUT2D eigenvalue weighted by atomic mass is 16.4. The zero-order valence-electron chi connectivity index (χ0n) is 13.0. The first kappa shape index (κ1) is 18.6. The molecular formula is C14H27N3O3. The molecule has 0 atom stereocenters. The van der Waals surface area contributed by atoms with Crippen molar-refractivity contribution >= 4 is 11.9 Å². The van der Waals surface area contributed by atoms with Gasteiger partial charge >= 0.3 is 5.97 Å². The lowest BCUT2D eigenvalue weighted by molar-refractivity contribution is -0.133. The van der Waals surface area contributed by atoms with Crippen LogP contribution in [-0.2, 0) is 9.59 Å². The third-order valence-electron chi connectivity index (χ3n) is 2.98. The van der Waals surface area contributed by atoms with Crippen LogP contribution >= 0.6 is 0 Å².